The lowest BCUT2D eigenvalue weighted by atomic mass is 10.0. The van der Waals surface area contributed by atoms with Gasteiger partial charge in [0.25, 0.3) is 0 Å². The minimum Gasteiger partial charge on any atom is -0.378 e. The molecule has 4 heteroatoms. The average molecular weight is 309 g/mol. The van der Waals surface area contributed by atoms with E-state index < -0.39 is 0 Å². The summed E-state index contributed by atoms with van der Waals surface area (Å²) in [5.74, 6) is 0. The van der Waals surface area contributed by atoms with Gasteiger partial charge in [-0.2, -0.15) is 0 Å². The highest BCUT2D eigenvalue weighted by atomic mass is 35.5. The summed E-state index contributed by atoms with van der Waals surface area (Å²) in [5, 5.41) is 3.56. The second-order valence-corrected chi connectivity index (χ2v) is 6.81. The quantitative estimate of drug-likeness (QED) is 0.853. The van der Waals surface area contributed by atoms with E-state index in [2.05, 4.69) is 61.6 Å². The zero-order chi connectivity index (χ0) is 14.5. The first kappa shape index (κ1) is 15.4. The SMILES string of the molecule is CCNC(Cc1ccc(Cl)s1)c1ccc(N(C)C)cc1. The van der Waals surface area contributed by atoms with Crippen LogP contribution in [0.25, 0.3) is 0 Å². The molecule has 1 N–H and O–H groups in total. The van der Waals surface area contributed by atoms with Crippen molar-refractivity contribution < 1.29 is 0 Å². The van der Waals surface area contributed by atoms with Crippen LogP contribution in [-0.4, -0.2) is 20.6 Å². The van der Waals surface area contributed by atoms with Gasteiger partial charge >= 0.3 is 0 Å². The van der Waals surface area contributed by atoms with Crippen LogP contribution in [0.3, 0.4) is 0 Å². The summed E-state index contributed by atoms with van der Waals surface area (Å²) >= 11 is 7.68. The second kappa shape index (κ2) is 7.11. The molecule has 1 atom stereocenters. The zero-order valence-electron chi connectivity index (χ0n) is 12.2. The summed E-state index contributed by atoms with van der Waals surface area (Å²) in [7, 11) is 4.12. The van der Waals surface area contributed by atoms with Gasteiger partial charge in [-0.1, -0.05) is 30.7 Å². The fraction of sp³-hybridized carbons (Fsp3) is 0.375. The van der Waals surface area contributed by atoms with Crippen LogP contribution in [0.15, 0.2) is 36.4 Å². The second-order valence-electron chi connectivity index (χ2n) is 5.01. The highest BCUT2D eigenvalue weighted by Crippen LogP contribution is 2.27. The van der Waals surface area contributed by atoms with Crippen LogP contribution in [0.2, 0.25) is 4.34 Å². The van der Waals surface area contributed by atoms with Gasteiger partial charge in [0.15, 0.2) is 0 Å². The summed E-state index contributed by atoms with van der Waals surface area (Å²) < 4.78 is 0.859. The van der Waals surface area contributed by atoms with E-state index in [4.69, 9.17) is 11.6 Å². The van der Waals surface area contributed by atoms with Gasteiger partial charge < -0.3 is 10.2 Å². The number of nitrogens with zero attached hydrogens (tertiary/aromatic N) is 1. The topological polar surface area (TPSA) is 15.3 Å². The van der Waals surface area contributed by atoms with Gasteiger partial charge in [0.2, 0.25) is 0 Å². The monoisotopic (exact) mass is 308 g/mol. The third-order valence-corrected chi connectivity index (χ3v) is 4.55. The van der Waals surface area contributed by atoms with Crippen LogP contribution in [0.1, 0.15) is 23.4 Å². The van der Waals surface area contributed by atoms with Gasteiger partial charge in [-0.05, 0) is 36.4 Å². The van der Waals surface area contributed by atoms with Crippen LogP contribution in [0.4, 0.5) is 5.69 Å². The molecular formula is C16H21ClN2S. The minimum absolute atomic E-state index is 0.339. The van der Waals surface area contributed by atoms with Crippen LogP contribution < -0.4 is 10.2 Å². The molecule has 0 bridgehead atoms. The van der Waals surface area contributed by atoms with Crippen LogP contribution in [0.5, 0.6) is 0 Å². The maximum Gasteiger partial charge on any atom is 0.0931 e. The molecule has 1 aromatic heterocycles. The highest BCUT2D eigenvalue weighted by molar-refractivity contribution is 7.16. The number of benzene rings is 1. The molecular weight excluding hydrogens is 288 g/mol. The minimum atomic E-state index is 0.339. The van der Waals surface area contributed by atoms with E-state index in [0.29, 0.717) is 6.04 Å². The molecule has 1 heterocycles. The highest BCUT2D eigenvalue weighted by Gasteiger charge is 2.12. The first-order valence-electron chi connectivity index (χ1n) is 6.85. The largest absolute Gasteiger partial charge is 0.378 e. The molecule has 1 unspecified atom stereocenters. The number of likely N-dealkylation sites (N-methyl/N-ethyl adjacent to an activating group) is 1. The molecule has 2 aromatic rings. The fourth-order valence-electron chi connectivity index (χ4n) is 2.22. The van der Waals surface area contributed by atoms with Crippen molar-refractivity contribution in [3.8, 4) is 0 Å². The van der Waals surface area contributed by atoms with E-state index in [1.54, 1.807) is 11.3 Å². The lowest BCUT2D eigenvalue weighted by Gasteiger charge is -2.19. The van der Waals surface area contributed by atoms with E-state index in [-0.39, 0.29) is 0 Å². The Labute approximate surface area is 130 Å². The first-order valence-corrected chi connectivity index (χ1v) is 8.04. The Kier molecular flexibility index (Phi) is 5.46. The maximum atomic E-state index is 6.02. The average Bonchev–Trinajstić information content (AvgIpc) is 2.84. The number of anilines is 1. The van der Waals surface area contributed by atoms with Crippen molar-refractivity contribution in [1.29, 1.82) is 0 Å². The number of hydrogen-bond acceptors (Lipinski definition) is 3. The van der Waals surface area contributed by atoms with E-state index in [0.717, 1.165) is 17.3 Å². The molecule has 0 radical (unpaired) electrons. The van der Waals surface area contributed by atoms with Gasteiger partial charge in [0.1, 0.15) is 0 Å². The van der Waals surface area contributed by atoms with E-state index in [9.17, 15) is 0 Å². The molecule has 0 saturated carbocycles. The Hall–Kier alpha value is -1.03. The zero-order valence-corrected chi connectivity index (χ0v) is 13.8. The molecule has 108 valence electrons. The van der Waals surface area contributed by atoms with Crippen LogP contribution >= 0.6 is 22.9 Å². The Morgan fingerprint density at radius 2 is 1.85 bits per heavy atom. The van der Waals surface area contributed by atoms with Gasteiger partial charge in [-0.15, -0.1) is 11.3 Å². The number of nitrogens with one attached hydrogen (secondary N) is 1. The van der Waals surface area contributed by atoms with Crippen molar-refractivity contribution in [3.63, 3.8) is 0 Å². The predicted molar refractivity (Wildman–Crippen MR) is 90.2 cm³/mol. The molecule has 0 aliphatic heterocycles. The maximum absolute atomic E-state index is 6.02. The van der Waals surface area contributed by atoms with Gasteiger partial charge in [-0.3, -0.25) is 0 Å². The summed E-state index contributed by atoms with van der Waals surface area (Å²) in [6.45, 7) is 3.10. The first-order chi connectivity index (χ1) is 9.60. The lowest BCUT2D eigenvalue weighted by molar-refractivity contribution is 0.553. The predicted octanol–water partition coefficient (Wildman–Crippen LogP) is 4.36. The Balaban J connectivity index is 2.15. The number of hydrogen-bond donors (Lipinski definition) is 1. The molecule has 0 aliphatic carbocycles. The van der Waals surface area contributed by atoms with Crippen molar-refractivity contribution >= 4 is 28.6 Å². The molecule has 1 aromatic carbocycles. The van der Waals surface area contributed by atoms with Crippen LogP contribution in [-0.2, 0) is 6.42 Å². The number of rotatable bonds is 6. The normalized spacial score (nSPS) is 12.4. The van der Waals surface area contributed by atoms with Crippen LogP contribution in [0, 0.1) is 0 Å². The van der Waals surface area contributed by atoms with Crippen molar-refractivity contribution in [2.75, 3.05) is 25.5 Å². The van der Waals surface area contributed by atoms with Crippen molar-refractivity contribution in [2.24, 2.45) is 0 Å². The molecule has 0 aliphatic rings. The summed E-state index contributed by atoms with van der Waals surface area (Å²) in [6, 6.07) is 13.2. The van der Waals surface area contributed by atoms with Crippen molar-refractivity contribution in [1.82, 2.24) is 5.32 Å². The van der Waals surface area contributed by atoms with E-state index in [1.165, 1.54) is 16.1 Å². The Morgan fingerprint density at radius 1 is 1.15 bits per heavy atom. The summed E-state index contributed by atoms with van der Waals surface area (Å²) in [5.41, 5.74) is 2.55. The van der Waals surface area contributed by atoms with Crippen molar-refractivity contribution in [3.05, 3.63) is 51.2 Å². The number of thiophene rings is 1. The van der Waals surface area contributed by atoms with E-state index in [1.807, 2.05) is 6.07 Å². The Morgan fingerprint density at radius 3 is 2.35 bits per heavy atom. The summed E-state index contributed by atoms with van der Waals surface area (Å²) in [4.78, 5) is 3.43. The molecule has 2 nitrogen and oxygen atoms in total. The van der Waals surface area contributed by atoms with Gasteiger partial charge in [0, 0.05) is 37.1 Å². The van der Waals surface area contributed by atoms with Gasteiger partial charge in [-0.25, -0.2) is 0 Å². The molecule has 0 saturated heterocycles. The third-order valence-electron chi connectivity index (χ3n) is 3.30. The lowest BCUT2D eigenvalue weighted by Crippen LogP contribution is -2.22. The molecule has 0 amide bonds. The third kappa shape index (κ3) is 3.98. The van der Waals surface area contributed by atoms with Crippen molar-refractivity contribution in [2.45, 2.75) is 19.4 Å². The Bertz CT molecular complexity index is 534. The smallest absolute Gasteiger partial charge is 0.0931 e. The molecule has 0 fully saturated rings. The summed E-state index contributed by atoms with van der Waals surface area (Å²) in [6.07, 6.45) is 0.979. The number of halogens is 1. The molecule has 2 rings (SSSR count). The fourth-order valence-corrected chi connectivity index (χ4v) is 3.35. The molecule has 0 spiro atoms. The molecule has 20 heavy (non-hydrogen) atoms. The van der Waals surface area contributed by atoms with Gasteiger partial charge in [0.05, 0.1) is 4.34 Å². The van der Waals surface area contributed by atoms with E-state index >= 15 is 0 Å². The standard InChI is InChI=1S/C16H21ClN2S/c1-4-18-15(11-14-9-10-16(17)20-14)12-5-7-13(8-6-12)19(2)3/h5-10,15,18H,4,11H2,1-3H3.